The van der Waals surface area contributed by atoms with Crippen LogP contribution in [-0.2, 0) is 15.3 Å². The number of nitrogens with two attached hydrogens (primary N) is 1. The molecule has 0 aromatic heterocycles. The van der Waals surface area contributed by atoms with E-state index in [9.17, 15) is 4.39 Å². The van der Waals surface area contributed by atoms with Crippen molar-refractivity contribution in [2.24, 2.45) is 11.7 Å². The summed E-state index contributed by atoms with van der Waals surface area (Å²) < 4.78 is 24.5. The summed E-state index contributed by atoms with van der Waals surface area (Å²) >= 11 is 0. The summed E-state index contributed by atoms with van der Waals surface area (Å²) in [6, 6.07) is 6.20. The lowest BCUT2D eigenvalue weighted by atomic mass is 10.0. The molecular formula is C12H16FNO2. The van der Waals surface area contributed by atoms with E-state index in [-0.39, 0.29) is 12.4 Å². The van der Waals surface area contributed by atoms with Crippen molar-refractivity contribution in [3.05, 3.63) is 35.6 Å². The van der Waals surface area contributed by atoms with Gasteiger partial charge in [0.15, 0.2) is 0 Å². The van der Waals surface area contributed by atoms with Gasteiger partial charge in [-0.15, -0.1) is 0 Å². The summed E-state index contributed by atoms with van der Waals surface area (Å²) in [4.78, 5) is 0. The molecule has 1 saturated heterocycles. The van der Waals surface area contributed by atoms with Crippen molar-refractivity contribution in [3.63, 3.8) is 0 Å². The monoisotopic (exact) mass is 225 g/mol. The Balaban J connectivity index is 2.28. The first-order valence-corrected chi connectivity index (χ1v) is 5.40. The van der Waals surface area contributed by atoms with E-state index in [0.29, 0.717) is 24.7 Å². The normalized spacial score (nSPS) is 30.3. The lowest BCUT2D eigenvalue weighted by molar-refractivity contribution is -0.284. The topological polar surface area (TPSA) is 44.5 Å². The maximum atomic E-state index is 13.2. The van der Waals surface area contributed by atoms with Crippen LogP contribution in [0, 0.1) is 11.7 Å². The van der Waals surface area contributed by atoms with Gasteiger partial charge in [-0.05, 0) is 12.1 Å². The molecule has 0 spiro atoms. The largest absolute Gasteiger partial charge is 0.344 e. The molecule has 0 bridgehead atoms. The molecule has 1 heterocycles. The molecule has 1 fully saturated rings. The van der Waals surface area contributed by atoms with Crippen molar-refractivity contribution in [2.45, 2.75) is 12.7 Å². The van der Waals surface area contributed by atoms with Crippen molar-refractivity contribution in [3.8, 4) is 0 Å². The highest BCUT2D eigenvalue weighted by molar-refractivity contribution is 5.22. The molecule has 16 heavy (non-hydrogen) atoms. The van der Waals surface area contributed by atoms with Crippen molar-refractivity contribution in [2.75, 3.05) is 19.8 Å². The Morgan fingerprint density at radius 3 is 2.69 bits per heavy atom. The third-order valence-corrected chi connectivity index (χ3v) is 2.74. The Bertz CT molecular complexity index is 362. The van der Waals surface area contributed by atoms with Gasteiger partial charge >= 0.3 is 0 Å². The Hall–Kier alpha value is -0.970. The van der Waals surface area contributed by atoms with Gasteiger partial charge in [0.25, 0.3) is 0 Å². The van der Waals surface area contributed by atoms with E-state index in [1.165, 1.54) is 12.1 Å². The minimum Gasteiger partial charge on any atom is -0.344 e. The van der Waals surface area contributed by atoms with Crippen LogP contribution in [0.2, 0.25) is 0 Å². The second-order valence-corrected chi connectivity index (χ2v) is 4.19. The maximum Gasteiger partial charge on any atom is 0.207 e. The summed E-state index contributed by atoms with van der Waals surface area (Å²) in [6.45, 7) is 3.37. The van der Waals surface area contributed by atoms with E-state index in [2.05, 4.69) is 0 Å². The molecule has 1 aliphatic heterocycles. The molecule has 0 aliphatic carbocycles. The van der Waals surface area contributed by atoms with Crippen LogP contribution in [0.15, 0.2) is 24.3 Å². The number of hydrogen-bond donors (Lipinski definition) is 1. The zero-order valence-corrected chi connectivity index (χ0v) is 9.28. The van der Waals surface area contributed by atoms with E-state index >= 15 is 0 Å². The lowest BCUT2D eigenvalue weighted by Crippen LogP contribution is -2.46. The van der Waals surface area contributed by atoms with Crippen LogP contribution in [0.1, 0.15) is 12.5 Å². The quantitative estimate of drug-likeness (QED) is 0.831. The average Bonchev–Trinajstić information content (AvgIpc) is 2.31. The van der Waals surface area contributed by atoms with Gasteiger partial charge < -0.3 is 15.2 Å². The second kappa shape index (κ2) is 4.49. The molecule has 1 aliphatic rings. The number of hydrogen-bond acceptors (Lipinski definition) is 3. The van der Waals surface area contributed by atoms with Gasteiger partial charge in [-0.3, -0.25) is 0 Å². The highest BCUT2D eigenvalue weighted by Crippen LogP contribution is 2.31. The molecule has 0 unspecified atom stereocenters. The van der Waals surface area contributed by atoms with E-state index < -0.39 is 5.79 Å². The molecule has 88 valence electrons. The van der Waals surface area contributed by atoms with Gasteiger partial charge in [0, 0.05) is 11.5 Å². The van der Waals surface area contributed by atoms with E-state index in [1.807, 2.05) is 6.92 Å². The molecule has 0 saturated carbocycles. The van der Waals surface area contributed by atoms with Gasteiger partial charge in [-0.25, -0.2) is 4.39 Å². The maximum absolute atomic E-state index is 13.2. The Kier molecular flexibility index (Phi) is 3.23. The third kappa shape index (κ3) is 2.09. The highest BCUT2D eigenvalue weighted by atomic mass is 19.1. The predicted molar refractivity (Wildman–Crippen MR) is 58.2 cm³/mol. The Morgan fingerprint density at radius 1 is 1.44 bits per heavy atom. The molecule has 0 radical (unpaired) electrons. The zero-order valence-electron chi connectivity index (χ0n) is 9.28. The third-order valence-electron chi connectivity index (χ3n) is 2.74. The average molecular weight is 225 g/mol. The van der Waals surface area contributed by atoms with Crippen molar-refractivity contribution in [1.29, 1.82) is 0 Å². The van der Waals surface area contributed by atoms with Gasteiger partial charge in [-0.1, -0.05) is 19.1 Å². The van der Waals surface area contributed by atoms with E-state index in [0.717, 1.165) is 0 Å². The molecule has 1 aromatic carbocycles. The van der Waals surface area contributed by atoms with Crippen LogP contribution >= 0.6 is 0 Å². The standard InChI is InChI=1S/C12H16FNO2/c1-9-6-15-12(8-14,16-7-9)10-3-2-4-11(13)5-10/h2-5,9H,6-8,14H2,1H3. The fourth-order valence-electron chi connectivity index (χ4n) is 1.77. The van der Waals surface area contributed by atoms with Crippen LogP contribution in [0.4, 0.5) is 4.39 Å². The highest BCUT2D eigenvalue weighted by Gasteiger charge is 2.37. The van der Waals surface area contributed by atoms with E-state index in [1.54, 1.807) is 12.1 Å². The summed E-state index contributed by atoms with van der Waals surface area (Å²) in [7, 11) is 0. The summed E-state index contributed by atoms with van der Waals surface area (Å²) in [5.41, 5.74) is 6.33. The van der Waals surface area contributed by atoms with Crippen molar-refractivity contribution < 1.29 is 13.9 Å². The number of rotatable bonds is 2. The number of halogens is 1. The van der Waals surface area contributed by atoms with Crippen LogP contribution in [-0.4, -0.2) is 19.8 Å². The number of benzene rings is 1. The Labute approximate surface area is 94.3 Å². The molecule has 2 N–H and O–H groups in total. The molecular weight excluding hydrogens is 209 g/mol. The first-order chi connectivity index (χ1) is 7.66. The van der Waals surface area contributed by atoms with Gasteiger partial charge in [0.05, 0.1) is 19.8 Å². The van der Waals surface area contributed by atoms with Crippen LogP contribution in [0.3, 0.4) is 0 Å². The van der Waals surface area contributed by atoms with Crippen LogP contribution in [0.25, 0.3) is 0 Å². The lowest BCUT2D eigenvalue weighted by Gasteiger charge is -2.38. The zero-order chi connectivity index (χ0) is 11.6. The first-order valence-electron chi connectivity index (χ1n) is 5.40. The van der Waals surface area contributed by atoms with Crippen LogP contribution in [0.5, 0.6) is 0 Å². The van der Waals surface area contributed by atoms with Crippen molar-refractivity contribution in [1.82, 2.24) is 0 Å². The summed E-state index contributed by atoms with van der Waals surface area (Å²) in [5.74, 6) is -0.946. The Morgan fingerprint density at radius 2 is 2.12 bits per heavy atom. The summed E-state index contributed by atoms with van der Waals surface area (Å²) in [6.07, 6.45) is 0. The number of ether oxygens (including phenoxy) is 2. The smallest absolute Gasteiger partial charge is 0.207 e. The SMILES string of the molecule is CC1COC(CN)(c2cccc(F)c2)OC1. The first kappa shape index (κ1) is 11.5. The van der Waals surface area contributed by atoms with Crippen LogP contribution < -0.4 is 5.73 Å². The van der Waals surface area contributed by atoms with Gasteiger partial charge in [0.2, 0.25) is 5.79 Å². The second-order valence-electron chi connectivity index (χ2n) is 4.19. The van der Waals surface area contributed by atoms with Gasteiger partial charge in [0.1, 0.15) is 5.82 Å². The molecule has 4 heteroatoms. The minimum absolute atomic E-state index is 0.184. The fourth-order valence-corrected chi connectivity index (χ4v) is 1.77. The van der Waals surface area contributed by atoms with E-state index in [4.69, 9.17) is 15.2 Å². The van der Waals surface area contributed by atoms with Crippen molar-refractivity contribution >= 4 is 0 Å². The molecule has 1 aromatic rings. The molecule has 0 amide bonds. The minimum atomic E-state index is -0.978. The summed E-state index contributed by atoms with van der Waals surface area (Å²) in [5, 5.41) is 0. The van der Waals surface area contributed by atoms with Gasteiger partial charge in [-0.2, -0.15) is 0 Å². The molecule has 3 nitrogen and oxygen atoms in total. The molecule has 0 atom stereocenters. The molecule has 2 rings (SSSR count). The fraction of sp³-hybridized carbons (Fsp3) is 0.500. The predicted octanol–water partition coefficient (Wildman–Crippen LogP) is 1.62.